The van der Waals surface area contributed by atoms with Crippen LogP contribution in [0.1, 0.15) is 0 Å². The van der Waals surface area contributed by atoms with E-state index in [-0.39, 0.29) is 10.6 Å². The maximum absolute atomic E-state index is 11.3. The normalized spacial score (nSPS) is 12.3. The fraction of sp³-hybridized carbons (Fsp3) is 0. The molecule has 0 heterocycles. The van der Waals surface area contributed by atoms with Gasteiger partial charge in [0.1, 0.15) is 4.90 Å². The fourth-order valence-corrected chi connectivity index (χ4v) is 2.37. The number of nitrogen functional groups attached to an aromatic ring is 1. The summed E-state index contributed by atoms with van der Waals surface area (Å²) in [6.07, 6.45) is 0. The topological polar surface area (TPSA) is 115 Å². The molecule has 1 rings (SSSR count). The van der Waals surface area contributed by atoms with Gasteiger partial charge in [-0.05, 0) is 18.2 Å². The van der Waals surface area contributed by atoms with Crippen molar-refractivity contribution in [2.75, 3.05) is 5.73 Å². The SMILES string of the molecule is C=CS(=O)(=O)c1ccc(S(=O)(=O)O)c(N)c1. The lowest BCUT2D eigenvalue weighted by molar-refractivity contribution is 0.483. The van der Waals surface area contributed by atoms with Crippen LogP contribution < -0.4 is 5.73 Å². The number of nitrogens with two attached hydrogens (primary N) is 1. The molecule has 0 unspecified atom stereocenters. The van der Waals surface area contributed by atoms with Gasteiger partial charge in [0.15, 0.2) is 9.84 Å². The van der Waals surface area contributed by atoms with Crippen LogP contribution in [-0.2, 0) is 20.0 Å². The third kappa shape index (κ3) is 2.40. The zero-order valence-electron chi connectivity index (χ0n) is 7.99. The maximum atomic E-state index is 11.3. The molecule has 8 heteroatoms. The summed E-state index contributed by atoms with van der Waals surface area (Å²) in [5.74, 6) is 0. The highest BCUT2D eigenvalue weighted by Crippen LogP contribution is 2.22. The van der Waals surface area contributed by atoms with Crippen molar-refractivity contribution in [1.82, 2.24) is 0 Å². The summed E-state index contributed by atoms with van der Waals surface area (Å²) in [6, 6.07) is 2.89. The zero-order valence-corrected chi connectivity index (χ0v) is 9.62. The maximum Gasteiger partial charge on any atom is 0.296 e. The average Bonchev–Trinajstić information content (AvgIpc) is 2.15. The van der Waals surface area contributed by atoms with Crippen molar-refractivity contribution in [3.63, 3.8) is 0 Å². The first-order valence-electron chi connectivity index (χ1n) is 3.93. The van der Waals surface area contributed by atoms with Gasteiger partial charge < -0.3 is 5.73 Å². The molecule has 88 valence electrons. The molecular formula is C8H9NO5S2. The number of hydrogen-bond acceptors (Lipinski definition) is 5. The minimum absolute atomic E-state index is 0.188. The molecule has 0 atom stereocenters. The van der Waals surface area contributed by atoms with Crippen molar-refractivity contribution in [3.8, 4) is 0 Å². The highest BCUT2D eigenvalue weighted by molar-refractivity contribution is 7.94. The van der Waals surface area contributed by atoms with Gasteiger partial charge in [-0.2, -0.15) is 8.42 Å². The van der Waals surface area contributed by atoms with Crippen molar-refractivity contribution >= 4 is 25.6 Å². The minimum atomic E-state index is -4.45. The van der Waals surface area contributed by atoms with Crippen molar-refractivity contribution < 1.29 is 21.4 Å². The number of sulfone groups is 1. The molecule has 6 nitrogen and oxygen atoms in total. The second-order valence-corrected chi connectivity index (χ2v) is 6.17. The summed E-state index contributed by atoms with van der Waals surface area (Å²) in [4.78, 5) is -0.720. The number of rotatable bonds is 3. The molecule has 0 saturated carbocycles. The van der Waals surface area contributed by atoms with E-state index in [0.29, 0.717) is 0 Å². The molecule has 0 radical (unpaired) electrons. The Morgan fingerprint density at radius 3 is 2.19 bits per heavy atom. The molecule has 0 amide bonds. The molecule has 0 aliphatic heterocycles. The Hall–Kier alpha value is -1.38. The predicted octanol–water partition coefficient (Wildman–Crippen LogP) is 0.433. The Balaban J connectivity index is 3.48. The Morgan fingerprint density at radius 1 is 1.25 bits per heavy atom. The Labute approximate surface area is 93.1 Å². The second kappa shape index (κ2) is 3.89. The lowest BCUT2D eigenvalue weighted by Crippen LogP contribution is -2.05. The summed E-state index contributed by atoms with van der Waals surface area (Å²) in [5, 5.41) is 0.717. The van der Waals surface area contributed by atoms with E-state index in [2.05, 4.69) is 6.58 Å². The largest absolute Gasteiger partial charge is 0.398 e. The Bertz CT molecular complexity index is 630. The van der Waals surface area contributed by atoms with E-state index in [1.165, 1.54) is 0 Å². The molecule has 0 bridgehead atoms. The van der Waals surface area contributed by atoms with Gasteiger partial charge in [-0.25, -0.2) is 8.42 Å². The minimum Gasteiger partial charge on any atom is -0.398 e. The first kappa shape index (κ1) is 12.7. The summed E-state index contributed by atoms with van der Waals surface area (Å²) in [6.45, 7) is 3.11. The second-order valence-electron chi connectivity index (χ2n) is 2.89. The van der Waals surface area contributed by atoms with E-state index in [1.54, 1.807) is 0 Å². The van der Waals surface area contributed by atoms with Crippen LogP contribution in [0.2, 0.25) is 0 Å². The van der Waals surface area contributed by atoms with Crippen LogP contribution in [0.25, 0.3) is 0 Å². The molecule has 1 aromatic carbocycles. The smallest absolute Gasteiger partial charge is 0.296 e. The van der Waals surface area contributed by atoms with Gasteiger partial charge >= 0.3 is 0 Å². The first-order valence-corrected chi connectivity index (χ1v) is 6.91. The van der Waals surface area contributed by atoms with Crippen LogP contribution in [0.5, 0.6) is 0 Å². The summed E-state index contributed by atoms with van der Waals surface area (Å²) in [5.41, 5.74) is 4.98. The number of hydrogen-bond donors (Lipinski definition) is 2. The Morgan fingerprint density at radius 2 is 1.81 bits per heavy atom. The summed E-state index contributed by atoms with van der Waals surface area (Å²) >= 11 is 0. The van der Waals surface area contributed by atoms with E-state index in [9.17, 15) is 16.8 Å². The van der Waals surface area contributed by atoms with Crippen molar-refractivity contribution in [1.29, 1.82) is 0 Å². The van der Waals surface area contributed by atoms with Crippen LogP contribution in [0.3, 0.4) is 0 Å². The fourth-order valence-electron chi connectivity index (χ4n) is 1.03. The lowest BCUT2D eigenvalue weighted by Gasteiger charge is -2.04. The summed E-state index contributed by atoms with van der Waals surface area (Å²) in [7, 11) is -8.12. The molecule has 0 aliphatic carbocycles. The van der Waals surface area contributed by atoms with Crippen molar-refractivity contribution in [2.45, 2.75) is 9.79 Å². The van der Waals surface area contributed by atoms with Gasteiger partial charge in [0.25, 0.3) is 10.1 Å². The van der Waals surface area contributed by atoms with Crippen LogP contribution in [-0.4, -0.2) is 21.4 Å². The van der Waals surface area contributed by atoms with E-state index < -0.39 is 24.9 Å². The highest BCUT2D eigenvalue weighted by atomic mass is 32.2. The van der Waals surface area contributed by atoms with E-state index in [4.69, 9.17) is 10.3 Å². The van der Waals surface area contributed by atoms with Crippen LogP contribution >= 0.6 is 0 Å². The lowest BCUT2D eigenvalue weighted by atomic mass is 10.3. The molecule has 0 fully saturated rings. The van der Waals surface area contributed by atoms with Gasteiger partial charge in [0.2, 0.25) is 0 Å². The van der Waals surface area contributed by atoms with Crippen LogP contribution in [0.15, 0.2) is 40.0 Å². The molecule has 0 aliphatic rings. The van der Waals surface area contributed by atoms with Gasteiger partial charge in [0.05, 0.1) is 10.6 Å². The van der Waals surface area contributed by atoms with Crippen LogP contribution in [0, 0.1) is 0 Å². The number of benzene rings is 1. The monoisotopic (exact) mass is 263 g/mol. The third-order valence-corrected chi connectivity index (χ3v) is 4.08. The quantitative estimate of drug-likeness (QED) is 0.603. The molecule has 3 N–H and O–H groups in total. The molecule has 0 aromatic heterocycles. The Kier molecular flexibility index (Phi) is 3.08. The highest BCUT2D eigenvalue weighted by Gasteiger charge is 2.17. The molecular weight excluding hydrogens is 254 g/mol. The molecule has 0 spiro atoms. The van der Waals surface area contributed by atoms with Crippen molar-refractivity contribution in [3.05, 3.63) is 30.2 Å². The third-order valence-electron chi connectivity index (χ3n) is 1.81. The standard InChI is InChI=1S/C8H9NO5S2/c1-2-15(10,11)6-3-4-8(7(9)5-6)16(12,13)14/h2-5H,1,9H2,(H,12,13,14). The van der Waals surface area contributed by atoms with E-state index in [1.807, 2.05) is 0 Å². The molecule has 16 heavy (non-hydrogen) atoms. The zero-order chi connectivity index (χ0) is 12.6. The van der Waals surface area contributed by atoms with Gasteiger partial charge in [-0.3, -0.25) is 4.55 Å². The molecule has 1 aromatic rings. The average molecular weight is 263 g/mol. The van der Waals surface area contributed by atoms with Gasteiger partial charge in [-0.15, -0.1) is 0 Å². The first-order chi connectivity index (χ1) is 7.18. The van der Waals surface area contributed by atoms with Gasteiger partial charge in [-0.1, -0.05) is 6.58 Å². The number of anilines is 1. The predicted molar refractivity (Wildman–Crippen MR) is 58.1 cm³/mol. The molecule has 0 saturated heterocycles. The van der Waals surface area contributed by atoms with Crippen molar-refractivity contribution in [2.24, 2.45) is 0 Å². The van der Waals surface area contributed by atoms with E-state index >= 15 is 0 Å². The van der Waals surface area contributed by atoms with Gasteiger partial charge in [0, 0.05) is 5.41 Å². The summed E-state index contributed by atoms with van der Waals surface area (Å²) < 4.78 is 53.0. The van der Waals surface area contributed by atoms with Crippen LogP contribution in [0.4, 0.5) is 5.69 Å². The van der Waals surface area contributed by atoms with E-state index in [0.717, 1.165) is 23.6 Å².